The fourth-order valence-electron chi connectivity index (χ4n) is 3.08. The molecule has 1 atom stereocenters. The van der Waals surface area contributed by atoms with E-state index in [1.54, 1.807) is 0 Å². The quantitative estimate of drug-likeness (QED) is 0.748. The van der Waals surface area contributed by atoms with Gasteiger partial charge in [-0.2, -0.15) is 13.2 Å². The second-order valence-corrected chi connectivity index (χ2v) is 7.00. The van der Waals surface area contributed by atoms with Crippen molar-refractivity contribution in [2.24, 2.45) is 5.73 Å². The first kappa shape index (κ1) is 18.7. The van der Waals surface area contributed by atoms with E-state index in [0.29, 0.717) is 13.0 Å². The fourth-order valence-corrected chi connectivity index (χ4v) is 3.08. The third-order valence-electron chi connectivity index (χ3n) is 5.30. The van der Waals surface area contributed by atoms with E-state index in [2.05, 4.69) is 23.9 Å². The van der Waals surface area contributed by atoms with E-state index in [1.165, 1.54) is 6.42 Å². The molecule has 0 aromatic heterocycles. The maximum Gasteiger partial charge on any atom is 0.389 e. The van der Waals surface area contributed by atoms with Gasteiger partial charge in [0.25, 0.3) is 0 Å². The molecule has 21 heavy (non-hydrogen) atoms. The molecule has 0 aromatic rings. The third-order valence-corrected chi connectivity index (χ3v) is 5.30. The molecular formula is C15H30F3N3. The number of hydrogen-bond acceptors (Lipinski definition) is 3. The van der Waals surface area contributed by atoms with Crippen molar-refractivity contribution >= 4 is 0 Å². The molecule has 1 aliphatic carbocycles. The number of alkyl halides is 3. The Hall–Kier alpha value is -0.330. The van der Waals surface area contributed by atoms with Crippen molar-refractivity contribution in [3.8, 4) is 0 Å². The van der Waals surface area contributed by atoms with Gasteiger partial charge in [0.1, 0.15) is 0 Å². The van der Waals surface area contributed by atoms with E-state index < -0.39 is 12.6 Å². The molecule has 0 heterocycles. The lowest BCUT2D eigenvalue weighted by molar-refractivity contribution is -0.137. The summed E-state index contributed by atoms with van der Waals surface area (Å²) in [6.45, 7) is 3.22. The Morgan fingerprint density at radius 2 is 1.67 bits per heavy atom. The second kappa shape index (κ2) is 6.84. The molecule has 0 saturated heterocycles. The summed E-state index contributed by atoms with van der Waals surface area (Å²) in [6, 6.07) is 0. The molecule has 0 radical (unpaired) electrons. The molecule has 0 aromatic carbocycles. The molecule has 3 nitrogen and oxygen atoms in total. The van der Waals surface area contributed by atoms with Crippen LogP contribution in [0.2, 0.25) is 0 Å². The van der Waals surface area contributed by atoms with Crippen molar-refractivity contribution in [1.29, 1.82) is 0 Å². The zero-order valence-corrected chi connectivity index (χ0v) is 13.8. The molecule has 0 amide bonds. The van der Waals surface area contributed by atoms with Crippen molar-refractivity contribution in [3.63, 3.8) is 0 Å². The summed E-state index contributed by atoms with van der Waals surface area (Å²) in [4.78, 5) is 4.42. The van der Waals surface area contributed by atoms with Gasteiger partial charge in [-0.25, -0.2) is 0 Å². The van der Waals surface area contributed by atoms with Gasteiger partial charge in [-0.3, -0.25) is 4.90 Å². The van der Waals surface area contributed by atoms with Crippen molar-refractivity contribution in [2.45, 2.75) is 62.7 Å². The number of halogens is 3. The lowest BCUT2D eigenvalue weighted by Crippen LogP contribution is -2.61. The highest BCUT2D eigenvalue weighted by Crippen LogP contribution is 2.38. The zero-order chi connectivity index (χ0) is 16.3. The molecule has 126 valence electrons. The first-order valence-electron chi connectivity index (χ1n) is 7.70. The van der Waals surface area contributed by atoms with Crippen LogP contribution in [-0.2, 0) is 0 Å². The summed E-state index contributed by atoms with van der Waals surface area (Å²) in [5, 5.41) is 0. The number of hydrogen-bond donors (Lipinski definition) is 1. The first-order valence-corrected chi connectivity index (χ1v) is 7.70. The molecular weight excluding hydrogens is 279 g/mol. The molecule has 6 heteroatoms. The summed E-state index contributed by atoms with van der Waals surface area (Å²) in [6.07, 6.45) is -0.678. The maximum absolute atomic E-state index is 12.3. The van der Waals surface area contributed by atoms with Crippen molar-refractivity contribution in [2.75, 3.05) is 34.2 Å². The van der Waals surface area contributed by atoms with Crippen LogP contribution in [0.15, 0.2) is 0 Å². The van der Waals surface area contributed by atoms with E-state index in [9.17, 15) is 13.2 Å². The Morgan fingerprint density at radius 1 is 1.10 bits per heavy atom. The summed E-state index contributed by atoms with van der Waals surface area (Å²) >= 11 is 0. The molecule has 0 bridgehead atoms. The molecule has 2 N–H and O–H groups in total. The standard InChI is InChI=1S/C15H30F3N3/c1-13(11-19,7-5-10-15(16,17)18)21(4)12-14(20(2)3)8-6-9-14/h5-12,19H2,1-4H3. The molecule has 0 aliphatic heterocycles. The minimum Gasteiger partial charge on any atom is -0.329 e. The normalized spacial score (nSPS) is 21.4. The molecule has 1 rings (SSSR count). The topological polar surface area (TPSA) is 32.5 Å². The minimum absolute atomic E-state index is 0.135. The van der Waals surface area contributed by atoms with Gasteiger partial charge in [-0.05, 0) is 60.2 Å². The molecule has 1 saturated carbocycles. The highest BCUT2D eigenvalue weighted by molar-refractivity contribution is 5.00. The van der Waals surface area contributed by atoms with E-state index in [0.717, 1.165) is 19.4 Å². The van der Waals surface area contributed by atoms with Crippen LogP contribution in [0.1, 0.15) is 45.4 Å². The lowest BCUT2D eigenvalue weighted by atomic mass is 9.74. The Bertz CT molecular complexity index is 327. The number of likely N-dealkylation sites (N-methyl/N-ethyl adjacent to an activating group) is 2. The van der Waals surface area contributed by atoms with E-state index in [4.69, 9.17) is 5.73 Å². The van der Waals surface area contributed by atoms with Crippen LogP contribution >= 0.6 is 0 Å². The van der Waals surface area contributed by atoms with Crippen LogP contribution in [-0.4, -0.2) is 61.3 Å². The van der Waals surface area contributed by atoms with E-state index >= 15 is 0 Å². The van der Waals surface area contributed by atoms with Gasteiger partial charge < -0.3 is 10.6 Å². The van der Waals surface area contributed by atoms with Crippen molar-refractivity contribution < 1.29 is 13.2 Å². The largest absolute Gasteiger partial charge is 0.389 e. The summed E-state index contributed by atoms with van der Waals surface area (Å²) in [5.41, 5.74) is 5.67. The van der Waals surface area contributed by atoms with Gasteiger partial charge >= 0.3 is 6.18 Å². The Morgan fingerprint density at radius 3 is 2.00 bits per heavy atom. The van der Waals surface area contributed by atoms with Gasteiger partial charge in [0, 0.05) is 30.6 Å². The smallest absolute Gasteiger partial charge is 0.329 e. The minimum atomic E-state index is -4.08. The highest BCUT2D eigenvalue weighted by Gasteiger charge is 2.42. The number of nitrogens with two attached hydrogens (primary N) is 1. The zero-order valence-electron chi connectivity index (χ0n) is 13.8. The monoisotopic (exact) mass is 309 g/mol. The van der Waals surface area contributed by atoms with Gasteiger partial charge in [-0.15, -0.1) is 0 Å². The van der Waals surface area contributed by atoms with Crippen LogP contribution in [0, 0.1) is 0 Å². The van der Waals surface area contributed by atoms with E-state index in [1.807, 2.05) is 14.0 Å². The van der Waals surface area contributed by atoms with Gasteiger partial charge in [0.15, 0.2) is 0 Å². The van der Waals surface area contributed by atoms with Gasteiger partial charge in [0.2, 0.25) is 0 Å². The van der Waals surface area contributed by atoms with Gasteiger partial charge in [0.05, 0.1) is 0 Å². The molecule has 0 spiro atoms. The second-order valence-electron chi connectivity index (χ2n) is 7.00. The Kier molecular flexibility index (Phi) is 6.09. The number of rotatable bonds is 8. The Balaban J connectivity index is 2.60. The lowest BCUT2D eigenvalue weighted by Gasteiger charge is -2.52. The van der Waals surface area contributed by atoms with Crippen LogP contribution in [0.5, 0.6) is 0 Å². The van der Waals surface area contributed by atoms with Crippen LogP contribution in [0.25, 0.3) is 0 Å². The summed E-state index contributed by atoms with van der Waals surface area (Å²) in [7, 11) is 6.15. The van der Waals surface area contributed by atoms with Crippen LogP contribution < -0.4 is 5.73 Å². The SMILES string of the molecule is CN(CC1(N(C)C)CCC1)C(C)(CN)CCCC(F)(F)F. The first-order chi connectivity index (χ1) is 9.55. The fraction of sp³-hybridized carbons (Fsp3) is 1.00. The maximum atomic E-state index is 12.3. The predicted octanol–water partition coefficient (Wildman–Crippen LogP) is 2.85. The van der Waals surface area contributed by atoms with Crippen LogP contribution in [0.4, 0.5) is 13.2 Å². The average molecular weight is 309 g/mol. The molecule has 1 aliphatic rings. The average Bonchev–Trinajstić information content (AvgIpc) is 2.30. The van der Waals surface area contributed by atoms with Crippen molar-refractivity contribution in [3.05, 3.63) is 0 Å². The highest BCUT2D eigenvalue weighted by atomic mass is 19.4. The molecule has 1 unspecified atom stereocenters. The predicted molar refractivity (Wildman–Crippen MR) is 80.3 cm³/mol. The molecule has 1 fully saturated rings. The van der Waals surface area contributed by atoms with E-state index in [-0.39, 0.29) is 17.5 Å². The summed E-state index contributed by atoms with van der Waals surface area (Å²) < 4.78 is 37.0. The summed E-state index contributed by atoms with van der Waals surface area (Å²) in [5.74, 6) is 0. The third kappa shape index (κ3) is 4.83. The Labute approximate surface area is 126 Å². The van der Waals surface area contributed by atoms with Gasteiger partial charge in [-0.1, -0.05) is 0 Å². The van der Waals surface area contributed by atoms with Crippen molar-refractivity contribution in [1.82, 2.24) is 9.80 Å². The number of nitrogens with zero attached hydrogens (tertiary/aromatic N) is 2. The van der Waals surface area contributed by atoms with Crippen LogP contribution in [0.3, 0.4) is 0 Å².